The molecule has 5 heteroatoms. The molecule has 0 aliphatic rings. The van der Waals surface area contributed by atoms with Crippen LogP contribution in [0.4, 0.5) is 0 Å². The summed E-state index contributed by atoms with van der Waals surface area (Å²) >= 11 is 1.80. The van der Waals surface area contributed by atoms with E-state index in [2.05, 4.69) is 21.8 Å². The molecular formula is C12H21N3OS. The number of nitrogens with zero attached hydrogens (tertiary/aromatic N) is 1. The topological polar surface area (TPSA) is 57.8 Å². The van der Waals surface area contributed by atoms with Crippen LogP contribution in [0.3, 0.4) is 0 Å². The molecule has 1 amide bonds. The molecule has 1 heterocycles. The minimum absolute atomic E-state index is 0.131. The van der Waals surface area contributed by atoms with Crippen molar-refractivity contribution in [3.05, 3.63) is 17.0 Å². The van der Waals surface area contributed by atoms with E-state index in [1.165, 1.54) is 5.56 Å². The molecule has 1 aromatic heterocycles. The molecule has 0 fully saturated rings. The third-order valence-corrected chi connectivity index (χ3v) is 3.43. The Hall–Kier alpha value is -0.970. The van der Waals surface area contributed by atoms with Gasteiger partial charge in [0.15, 0.2) is 0 Å². The van der Waals surface area contributed by atoms with Gasteiger partial charge >= 0.3 is 0 Å². The molecule has 17 heavy (non-hydrogen) atoms. The molecule has 0 unspecified atom stereocenters. The van der Waals surface area contributed by atoms with Crippen LogP contribution in [0.2, 0.25) is 0 Å². The quantitative estimate of drug-likeness (QED) is 0.731. The van der Waals surface area contributed by atoms with Crippen LogP contribution in [0.25, 0.3) is 0 Å². The van der Waals surface area contributed by atoms with Gasteiger partial charge in [0.2, 0.25) is 5.91 Å². The van der Waals surface area contributed by atoms with Gasteiger partial charge in [-0.3, -0.25) is 9.89 Å². The number of hydrogen-bond donors (Lipinski definition) is 2. The monoisotopic (exact) mass is 255 g/mol. The highest BCUT2D eigenvalue weighted by molar-refractivity contribution is 7.98. The first kappa shape index (κ1) is 14.1. The van der Waals surface area contributed by atoms with Gasteiger partial charge in [-0.2, -0.15) is 16.9 Å². The Morgan fingerprint density at radius 3 is 2.82 bits per heavy atom. The smallest absolute Gasteiger partial charge is 0.220 e. The summed E-state index contributed by atoms with van der Waals surface area (Å²) in [4.78, 5) is 11.6. The number of amides is 1. The average Bonchev–Trinajstić information content (AvgIpc) is 2.62. The summed E-state index contributed by atoms with van der Waals surface area (Å²) in [6.45, 7) is 4.74. The highest BCUT2D eigenvalue weighted by atomic mass is 32.2. The lowest BCUT2D eigenvalue weighted by molar-refractivity contribution is -0.121. The molecule has 0 saturated heterocycles. The van der Waals surface area contributed by atoms with Gasteiger partial charge in [0.25, 0.3) is 0 Å². The maximum absolute atomic E-state index is 11.6. The normalized spacial score (nSPS) is 10.5. The van der Waals surface area contributed by atoms with Gasteiger partial charge < -0.3 is 5.32 Å². The standard InChI is InChI=1S/C12H21N3OS/c1-9-11(10(2)15-14-9)5-6-12(16)13-7-4-8-17-3/h4-8H2,1-3H3,(H,13,16)(H,14,15). The lowest BCUT2D eigenvalue weighted by atomic mass is 10.1. The second-order valence-corrected chi connectivity index (χ2v) is 5.09. The van der Waals surface area contributed by atoms with Crippen molar-refractivity contribution in [1.82, 2.24) is 15.5 Å². The fourth-order valence-electron chi connectivity index (χ4n) is 1.71. The first-order chi connectivity index (χ1) is 8.15. The lowest BCUT2D eigenvalue weighted by Gasteiger charge is -2.04. The summed E-state index contributed by atoms with van der Waals surface area (Å²) in [6.07, 6.45) is 4.42. The Kier molecular flexibility index (Phi) is 6.11. The van der Waals surface area contributed by atoms with Crippen LogP contribution in [-0.2, 0) is 11.2 Å². The molecule has 0 aliphatic heterocycles. The number of hydrogen-bond acceptors (Lipinski definition) is 3. The van der Waals surface area contributed by atoms with E-state index in [9.17, 15) is 4.79 Å². The van der Waals surface area contributed by atoms with Crippen LogP contribution in [0.1, 0.15) is 29.8 Å². The summed E-state index contributed by atoms with van der Waals surface area (Å²) in [6, 6.07) is 0. The van der Waals surface area contributed by atoms with Gasteiger partial charge in [-0.15, -0.1) is 0 Å². The zero-order valence-electron chi connectivity index (χ0n) is 10.8. The average molecular weight is 255 g/mol. The van der Waals surface area contributed by atoms with Gasteiger partial charge in [0, 0.05) is 18.7 Å². The predicted octanol–water partition coefficient (Wildman–Crippen LogP) is 1.83. The summed E-state index contributed by atoms with van der Waals surface area (Å²) in [5, 5.41) is 9.99. The molecule has 0 aromatic carbocycles. The van der Waals surface area contributed by atoms with E-state index < -0.39 is 0 Å². The van der Waals surface area contributed by atoms with Crippen LogP contribution in [-0.4, -0.2) is 34.7 Å². The Bertz CT molecular complexity index is 343. The van der Waals surface area contributed by atoms with Crippen molar-refractivity contribution < 1.29 is 4.79 Å². The maximum atomic E-state index is 11.6. The third-order valence-electron chi connectivity index (χ3n) is 2.73. The molecular weight excluding hydrogens is 234 g/mol. The van der Waals surface area contributed by atoms with E-state index in [-0.39, 0.29) is 5.91 Å². The van der Waals surface area contributed by atoms with Gasteiger partial charge in [-0.25, -0.2) is 0 Å². The van der Waals surface area contributed by atoms with E-state index >= 15 is 0 Å². The number of aryl methyl sites for hydroxylation is 2. The lowest BCUT2D eigenvalue weighted by Crippen LogP contribution is -2.25. The van der Waals surface area contributed by atoms with Crippen molar-refractivity contribution >= 4 is 17.7 Å². The van der Waals surface area contributed by atoms with Gasteiger partial charge in [0.05, 0.1) is 5.69 Å². The number of carbonyl (C=O) groups is 1. The fourth-order valence-corrected chi connectivity index (χ4v) is 2.15. The van der Waals surface area contributed by atoms with E-state index in [1.54, 1.807) is 11.8 Å². The zero-order valence-corrected chi connectivity index (χ0v) is 11.6. The van der Waals surface area contributed by atoms with Gasteiger partial charge in [-0.1, -0.05) is 0 Å². The Labute approximate surface area is 107 Å². The molecule has 0 atom stereocenters. The van der Waals surface area contributed by atoms with Crippen molar-refractivity contribution in [2.45, 2.75) is 33.1 Å². The molecule has 0 aliphatic carbocycles. The van der Waals surface area contributed by atoms with Crippen molar-refractivity contribution in [3.63, 3.8) is 0 Å². The molecule has 1 aromatic rings. The highest BCUT2D eigenvalue weighted by Crippen LogP contribution is 2.11. The highest BCUT2D eigenvalue weighted by Gasteiger charge is 2.08. The summed E-state index contributed by atoms with van der Waals surface area (Å²) in [5.41, 5.74) is 3.24. The van der Waals surface area contributed by atoms with Gasteiger partial charge in [0.1, 0.15) is 0 Å². The zero-order chi connectivity index (χ0) is 12.7. The second kappa shape index (κ2) is 7.37. The summed E-state index contributed by atoms with van der Waals surface area (Å²) < 4.78 is 0. The molecule has 2 N–H and O–H groups in total. The second-order valence-electron chi connectivity index (χ2n) is 4.11. The fraction of sp³-hybridized carbons (Fsp3) is 0.667. The van der Waals surface area contributed by atoms with Crippen molar-refractivity contribution in [2.24, 2.45) is 0 Å². The number of thioether (sulfide) groups is 1. The molecule has 96 valence electrons. The van der Waals surface area contributed by atoms with Crippen LogP contribution in [0, 0.1) is 13.8 Å². The molecule has 4 nitrogen and oxygen atoms in total. The van der Waals surface area contributed by atoms with E-state index in [1.807, 2.05) is 13.8 Å². The van der Waals surface area contributed by atoms with Crippen molar-refractivity contribution in [1.29, 1.82) is 0 Å². The van der Waals surface area contributed by atoms with E-state index in [0.717, 1.165) is 36.5 Å². The molecule has 0 spiro atoms. The predicted molar refractivity (Wildman–Crippen MR) is 72.4 cm³/mol. The minimum Gasteiger partial charge on any atom is -0.356 e. The van der Waals surface area contributed by atoms with E-state index in [4.69, 9.17) is 0 Å². The summed E-state index contributed by atoms with van der Waals surface area (Å²) in [5.74, 6) is 1.23. The van der Waals surface area contributed by atoms with Crippen molar-refractivity contribution in [2.75, 3.05) is 18.6 Å². The maximum Gasteiger partial charge on any atom is 0.220 e. The number of nitrogens with one attached hydrogen (secondary N) is 2. The Balaban J connectivity index is 2.24. The number of rotatable bonds is 7. The summed E-state index contributed by atoms with van der Waals surface area (Å²) in [7, 11) is 0. The van der Waals surface area contributed by atoms with Gasteiger partial charge in [-0.05, 0) is 44.3 Å². The van der Waals surface area contributed by atoms with Crippen LogP contribution in [0.5, 0.6) is 0 Å². The SMILES string of the molecule is CSCCCNC(=O)CCc1c(C)n[nH]c1C. The van der Waals surface area contributed by atoms with E-state index in [0.29, 0.717) is 6.42 Å². The number of aromatic amines is 1. The van der Waals surface area contributed by atoms with Crippen molar-refractivity contribution in [3.8, 4) is 0 Å². The van der Waals surface area contributed by atoms with Crippen LogP contribution >= 0.6 is 11.8 Å². The number of carbonyl (C=O) groups excluding carboxylic acids is 1. The first-order valence-electron chi connectivity index (χ1n) is 5.91. The number of aromatic nitrogens is 2. The first-order valence-corrected chi connectivity index (χ1v) is 7.30. The molecule has 0 saturated carbocycles. The van der Waals surface area contributed by atoms with Crippen LogP contribution in [0.15, 0.2) is 0 Å². The molecule has 1 rings (SSSR count). The Morgan fingerprint density at radius 1 is 1.47 bits per heavy atom. The Morgan fingerprint density at radius 2 is 2.24 bits per heavy atom. The minimum atomic E-state index is 0.131. The molecule has 0 radical (unpaired) electrons. The van der Waals surface area contributed by atoms with Crippen LogP contribution < -0.4 is 5.32 Å². The largest absolute Gasteiger partial charge is 0.356 e. The molecule has 0 bridgehead atoms. The third kappa shape index (κ3) is 4.81. The number of H-pyrrole nitrogens is 1.